The zero-order chi connectivity index (χ0) is 13.4. The van der Waals surface area contributed by atoms with Crippen LogP contribution in [-0.4, -0.2) is 17.3 Å². The maximum absolute atomic E-state index is 12.2. The third-order valence-electron chi connectivity index (χ3n) is 3.31. The van der Waals surface area contributed by atoms with Gasteiger partial charge in [-0.05, 0) is 24.0 Å². The summed E-state index contributed by atoms with van der Waals surface area (Å²) < 4.78 is 36.5. The zero-order valence-electron chi connectivity index (χ0n) is 9.63. The fourth-order valence-corrected chi connectivity index (χ4v) is 2.22. The molecule has 2 rings (SSSR count). The van der Waals surface area contributed by atoms with Crippen molar-refractivity contribution in [2.45, 2.75) is 37.3 Å². The smallest absolute Gasteiger partial charge is 0.393 e. The molecule has 1 N–H and O–H groups in total. The summed E-state index contributed by atoms with van der Waals surface area (Å²) in [5.41, 5.74) is 0.691. The Morgan fingerprint density at radius 3 is 2.17 bits per heavy atom. The molecule has 0 bridgehead atoms. The van der Waals surface area contributed by atoms with Crippen LogP contribution in [0.2, 0.25) is 0 Å². The van der Waals surface area contributed by atoms with E-state index < -0.39 is 18.6 Å². The number of halogens is 3. The van der Waals surface area contributed by atoms with Crippen molar-refractivity contribution in [3.8, 4) is 0 Å². The van der Waals surface area contributed by atoms with Crippen LogP contribution < -0.4 is 0 Å². The molecule has 0 heterocycles. The van der Waals surface area contributed by atoms with Gasteiger partial charge in [-0.25, -0.2) is 0 Å². The highest BCUT2D eigenvalue weighted by molar-refractivity contribution is 5.70. The molecule has 0 unspecified atom stereocenters. The first kappa shape index (κ1) is 12.9. The van der Waals surface area contributed by atoms with Crippen molar-refractivity contribution >= 4 is 5.97 Å². The second-order valence-electron chi connectivity index (χ2n) is 4.84. The number of carbonyl (C=O) groups is 1. The second kappa shape index (κ2) is 4.30. The van der Waals surface area contributed by atoms with Gasteiger partial charge < -0.3 is 5.11 Å². The van der Waals surface area contributed by atoms with Crippen LogP contribution >= 0.6 is 0 Å². The lowest BCUT2D eigenvalue weighted by Crippen LogP contribution is -2.14. The fraction of sp³-hybridized carbons (Fsp3) is 0.462. The van der Waals surface area contributed by atoms with E-state index in [1.165, 1.54) is 12.1 Å². The van der Waals surface area contributed by atoms with E-state index in [-0.39, 0.29) is 17.4 Å². The van der Waals surface area contributed by atoms with E-state index in [4.69, 9.17) is 5.11 Å². The minimum absolute atomic E-state index is 0.0472. The van der Waals surface area contributed by atoms with Crippen molar-refractivity contribution in [3.63, 3.8) is 0 Å². The third-order valence-corrected chi connectivity index (χ3v) is 3.31. The van der Waals surface area contributed by atoms with E-state index >= 15 is 0 Å². The average molecular weight is 258 g/mol. The lowest BCUT2D eigenvalue weighted by Gasteiger charge is -2.14. The number of hydrogen-bond donors (Lipinski definition) is 1. The topological polar surface area (TPSA) is 37.3 Å². The van der Waals surface area contributed by atoms with Gasteiger partial charge in [-0.15, -0.1) is 0 Å². The van der Waals surface area contributed by atoms with Crippen LogP contribution in [0.4, 0.5) is 13.2 Å². The summed E-state index contributed by atoms with van der Waals surface area (Å²) in [4.78, 5) is 10.7. The number of aliphatic carboxylic acids is 1. The SMILES string of the molecule is O=C(O)CC1(c2ccc(CC(F)(F)F)cc2)CC1. The summed E-state index contributed by atoms with van der Waals surface area (Å²) in [6, 6.07) is 6.11. The first-order valence-corrected chi connectivity index (χ1v) is 5.69. The highest BCUT2D eigenvalue weighted by Gasteiger charge is 2.45. The monoisotopic (exact) mass is 258 g/mol. The molecule has 0 aliphatic heterocycles. The van der Waals surface area contributed by atoms with Crippen LogP contribution in [0.5, 0.6) is 0 Å². The molecule has 1 aliphatic rings. The molecule has 5 heteroatoms. The third kappa shape index (κ3) is 3.03. The number of carboxylic acids is 1. The number of alkyl halides is 3. The van der Waals surface area contributed by atoms with E-state index in [0.717, 1.165) is 18.4 Å². The quantitative estimate of drug-likeness (QED) is 0.899. The first-order valence-electron chi connectivity index (χ1n) is 5.69. The molecule has 0 radical (unpaired) electrons. The second-order valence-corrected chi connectivity index (χ2v) is 4.84. The van der Waals surface area contributed by atoms with Gasteiger partial charge in [0.05, 0.1) is 12.8 Å². The number of benzene rings is 1. The molecule has 1 aromatic carbocycles. The van der Waals surface area contributed by atoms with E-state index in [1.807, 2.05) is 0 Å². The van der Waals surface area contributed by atoms with Gasteiger partial charge in [0.15, 0.2) is 0 Å². The molecule has 0 atom stereocenters. The summed E-state index contributed by atoms with van der Waals surface area (Å²) in [5.74, 6) is -0.869. The van der Waals surface area contributed by atoms with Crippen molar-refractivity contribution in [1.82, 2.24) is 0 Å². The molecule has 18 heavy (non-hydrogen) atoms. The molecule has 1 aliphatic carbocycles. The number of hydrogen-bond acceptors (Lipinski definition) is 1. The Morgan fingerprint density at radius 2 is 1.78 bits per heavy atom. The Kier molecular flexibility index (Phi) is 3.09. The van der Waals surface area contributed by atoms with Crippen molar-refractivity contribution < 1.29 is 23.1 Å². The lowest BCUT2D eigenvalue weighted by molar-refractivity contribution is -0.137. The minimum Gasteiger partial charge on any atom is -0.481 e. The molecule has 98 valence electrons. The van der Waals surface area contributed by atoms with E-state index in [9.17, 15) is 18.0 Å². The Labute approximate surface area is 102 Å². The van der Waals surface area contributed by atoms with Crippen LogP contribution in [-0.2, 0) is 16.6 Å². The summed E-state index contributed by atoms with van der Waals surface area (Å²) in [6.07, 6.45) is -3.53. The summed E-state index contributed by atoms with van der Waals surface area (Å²) in [7, 11) is 0. The largest absolute Gasteiger partial charge is 0.481 e. The van der Waals surface area contributed by atoms with Gasteiger partial charge in [0.1, 0.15) is 0 Å². The fourth-order valence-electron chi connectivity index (χ4n) is 2.22. The standard InChI is InChI=1S/C13H13F3O2/c14-13(15,16)7-9-1-3-10(4-2-9)12(5-6-12)8-11(17)18/h1-4H,5-8H2,(H,17,18). The molecular weight excluding hydrogens is 245 g/mol. The normalized spacial score (nSPS) is 17.5. The van der Waals surface area contributed by atoms with Crippen LogP contribution in [0, 0.1) is 0 Å². The van der Waals surface area contributed by atoms with Crippen LogP contribution in [0.1, 0.15) is 30.4 Å². The molecule has 1 saturated carbocycles. The summed E-state index contributed by atoms with van der Waals surface area (Å²) in [6.45, 7) is 0. The van der Waals surface area contributed by atoms with E-state index in [1.54, 1.807) is 12.1 Å². The molecular formula is C13H13F3O2. The maximum atomic E-state index is 12.2. The molecule has 1 fully saturated rings. The van der Waals surface area contributed by atoms with Crippen LogP contribution in [0.15, 0.2) is 24.3 Å². The van der Waals surface area contributed by atoms with Crippen molar-refractivity contribution in [2.75, 3.05) is 0 Å². The van der Waals surface area contributed by atoms with E-state index in [2.05, 4.69) is 0 Å². The highest BCUT2D eigenvalue weighted by Crippen LogP contribution is 2.51. The van der Waals surface area contributed by atoms with Gasteiger partial charge in [-0.3, -0.25) is 4.79 Å². The Bertz CT molecular complexity index is 444. The highest BCUT2D eigenvalue weighted by atomic mass is 19.4. The van der Waals surface area contributed by atoms with E-state index in [0.29, 0.717) is 0 Å². The maximum Gasteiger partial charge on any atom is 0.393 e. The van der Waals surface area contributed by atoms with Crippen molar-refractivity contribution in [3.05, 3.63) is 35.4 Å². The van der Waals surface area contributed by atoms with Gasteiger partial charge in [0.2, 0.25) is 0 Å². The predicted octanol–water partition coefficient (Wildman–Crippen LogP) is 3.30. The number of rotatable bonds is 4. The molecule has 0 spiro atoms. The van der Waals surface area contributed by atoms with Gasteiger partial charge in [-0.1, -0.05) is 24.3 Å². The first-order chi connectivity index (χ1) is 8.31. The Morgan fingerprint density at radius 1 is 1.22 bits per heavy atom. The molecule has 0 amide bonds. The zero-order valence-corrected chi connectivity index (χ0v) is 9.63. The Balaban J connectivity index is 2.11. The average Bonchev–Trinajstić information content (AvgIpc) is 2.96. The molecule has 0 aromatic heterocycles. The van der Waals surface area contributed by atoms with Gasteiger partial charge >= 0.3 is 12.1 Å². The molecule has 2 nitrogen and oxygen atoms in total. The van der Waals surface area contributed by atoms with Gasteiger partial charge in [0, 0.05) is 5.41 Å². The lowest BCUT2D eigenvalue weighted by atomic mass is 9.91. The van der Waals surface area contributed by atoms with Gasteiger partial charge in [-0.2, -0.15) is 13.2 Å². The van der Waals surface area contributed by atoms with Crippen molar-refractivity contribution in [1.29, 1.82) is 0 Å². The predicted molar refractivity (Wildman–Crippen MR) is 59.4 cm³/mol. The number of carboxylic acid groups (broad SMARTS) is 1. The van der Waals surface area contributed by atoms with Crippen LogP contribution in [0.25, 0.3) is 0 Å². The van der Waals surface area contributed by atoms with Crippen LogP contribution in [0.3, 0.4) is 0 Å². The van der Waals surface area contributed by atoms with Crippen molar-refractivity contribution in [2.24, 2.45) is 0 Å². The summed E-state index contributed by atoms with van der Waals surface area (Å²) in [5, 5.41) is 8.81. The minimum atomic E-state index is -4.21. The molecule has 0 saturated heterocycles. The van der Waals surface area contributed by atoms with Gasteiger partial charge in [0.25, 0.3) is 0 Å². The Hall–Kier alpha value is -1.52. The summed E-state index contributed by atoms with van der Waals surface area (Å²) >= 11 is 0. The molecule has 1 aromatic rings.